The van der Waals surface area contributed by atoms with Crippen molar-refractivity contribution >= 4 is 17.6 Å². The van der Waals surface area contributed by atoms with Crippen molar-refractivity contribution in [3.8, 4) is 0 Å². The Morgan fingerprint density at radius 3 is 2.50 bits per heavy atom. The molecule has 3 N–H and O–H groups in total. The molecule has 0 spiro atoms. The second kappa shape index (κ2) is 4.69. The summed E-state index contributed by atoms with van der Waals surface area (Å²) in [5, 5.41) is 3.22. The number of nitrogen functional groups attached to an aromatic ring is 1. The number of likely N-dealkylation sites (N-methyl/N-ethyl adjacent to an activating group) is 1. The van der Waals surface area contributed by atoms with Gasteiger partial charge in [-0.05, 0) is 13.5 Å². The molecule has 3 rings (SSSR count). The largest absolute Gasteiger partial charge is 0.368 e. The van der Waals surface area contributed by atoms with Crippen LogP contribution in [0.4, 0.5) is 26.4 Å². The van der Waals surface area contributed by atoms with Gasteiger partial charge in [-0.1, -0.05) is 0 Å². The molecule has 0 radical (unpaired) electrons. The van der Waals surface area contributed by atoms with Crippen molar-refractivity contribution in [2.24, 2.45) is 0 Å². The van der Waals surface area contributed by atoms with Crippen molar-refractivity contribution in [1.82, 2.24) is 15.3 Å². The molecule has 1 aromatic rings. The SMILES string of the molecule is CNC1CCN(c2cc(N3CC(F)(F)C3)nc(N)n2)C1. The maximum absolute atomic E-state index is 12.9. The predicted octanol–water partition coefficient (Wildman–Crippen LogP) is 0.312. The van der Waals surface area contributed by atoms with Gasteiger partial charge in [0.25, 0.3) is 5.92 Å². The van der Waals surface area contributed by atoms with Crippen LogP contribution in [-0.4, -0.2) is 55.2 Å². The van der Waals surface area contributed by atoms with Gasteiger partial charge in [-0.2, -0.15) is 9.97 Å². The molecule has 0 bridgehead atoms. The average Bonchev–Trinajstić information content (AvgIpc) is 2.84. The van der Waals surface area contributed by atoms with Crippen LogP contribution in [0.25, 0.3) is 0 Å². The molecule has 0 saturated carbocycles. The van der Waals surface area contributed by atoms with Gasteiger partial charge >= 0.3 is 0 Å². The molecule has 20 heavy (non-hydrogen) atoms. The van der Waals surface area contributed by atoms with Crippen molar-refractivity contribution in [3.05, 3.63) is 6.07 Å². The minimum absolute atomic E-state index is 0.126. The second-order valence-electron chi connectivity index (χ2n) is 5.37. The molecule has 3 heterocycles. The Hall–Kier alpha value is -1.70. The number of halogens is 2. The van der Waals surface area contributed by atoms with Crippen molar-refractivity contribution in [2.45, 2.75) is 18.4 Å². The van der Waals surface area contributed by atoms with E-state index in [2.05, 4.69) is 20.2 Å². The number of alkyl halides is 2. The second-order valence-corrected chi connectivity index (χ2v) is 5.37. The number of hydrogen-bond donors (Lipinski definition) is 2. The van der Waals surface area contributed by atoms with E-state index in [1.54, 1.807) is 6.07 Å². The Morgan fingerprint density at radius 1 is 1.30 bits per heavy atom. The third-order valence-electron chi connectivity index (χ3n) is 3.81. The standard InChI is InChI=1S/C12H18F2N6/c1-16-8-2-3-19(5-8)9-4-10(18-11(15)17-9)20-6-12(13,14)7-20/h4,8,16H,2-3,5-7H2,1H3,(H2,15,17,18). The first-order chi connectivity index (χ1) is 9.47. The molecule has 8 heteroatoms. The molecular formula is C12H18F2N6. The summed E-state index contributed by atoms with van der Waals surface area (Å²) in [6.45, 7) is 1.10. The molecule has 6 nitrogen and oxygen atoms in total. The lowest BCUT2D eigenvalue weighted by molar-refractivity contribution is -0.0267. The summed E-state index contributed by atoms with van der Waals surface area (Å²) in [5.41, 5.74) is 5.70. The van der Waals surface area contributed by atoms with Crippen LogP contribution in [0.15, 0.2) is 6.07 Å². The van der Waals surface area contributed by atoms with Gasteiger partial charge < -0.3 is 20.9 Å². The summed E-state index contributed by atoms with van der Waals surface area (Å²) in [6, 6.07) is 2.16. The van der Waals surface area contributed by atoms with Crippen LogP contribution in [-0.2, 0) is 0 Å². The molecule has 2 saturated heterocycles. The zero-order chi connectivity index (χ0) is 14.3. The molecule has 0 amide bonds. The van der Waals surface area contributed by atoms with Crippen molar-refractivity contribution in [3.63, 3.8) is 0 Å². The van der Waals surface area contributed by atoms with Gasteiger partial charge in [0.2, 0.25) is 5.95 Å². The van der Waals surface area contributed by atoms with E-state index in [1.807, 2.05) is 7.05 Å². The monoisotopic (exact) mass is 284 g/mol. The average molecular weight is 284 g/mol. The fourth-order valence-electron chi connectivity index (χ4n) is 2.64. The van der Waals surface area contributed by atoms with Crippen LogP contribution in [0.3, 0.4) is 0 Å². The van der Waals surface area contributed by atoms with E-state index in [0.29, 0.717) is 17.7 Å². The van der Waals surface area contributed by atoms with E-state index in [-0.39, 0.29) is 19.0 Å². The summed E-state index contributed by atoms with van der Waals surface area (Å²) < 4.78 is 25.9. The lowest BCUT2D eigenvalue weighted by Gasteiger charge is -2.39. The fraction of sp³-hybridized carbons (Fsp3) is 0.667. The minimum Gasteiger partial charge on any atom is -0.368 e. The molecule has 1 unspecified atom stereocenters. The van der Waals surface area contributed by atoms with Crippen LogP contribution in [0.1, 0.15) is 6.42 Å². The van der Waals surface area contributed by atoms with Crippen molar-refractivity contribution in [1.29, 1.82) is 0 Å². The third-order valence-corrected chi connectivity index (χ3v) is 3.81. The summed E-state index contributed by atoms with van der Waals surface area (Å²) in [6.07, 6.45) is 1.03. The fourth-order valence-corrected chi connectivity index (χ4v) is 2.64. The van der Waals surface area contributed by atoms with Gasteiger partial charge in [0.05, 0.1) is 13.1 Å². The van der Waals surface area contributed by atoms with Gasteiger partial charge in [-0.3, -0.25) is 0 Å². The lowest BCUT2D eigenvalue weighted by Crippen LogP contribution is -2.56. The Morgan fingerprint density at radius 2 is 1.95 bits per heavy atom. The van der Waals surface area contributed by atoms with Gasteiger partial charge in [0.1, 0.15) is 11.6 Å². The number of nitrogens with two attached hydrogens (primary N) is 1. The highest BCUT2D eigenvalue weighted by Crippen LogP contribution is 2.32. The van der Waals surface area contributed by atoms with Crippen LogP contribution < -0.4 is 20.9 Å². The number of nitrogens with zero attached hydrogens (tertiary/aromatic N) is 4. The molecule has 2 aliphatic rings. The van der Waals surface area contributed by atoms with Gasteiger partial charge in [-0.15, -0.1) is 0 Å². The quantitative estimate of drug-likeness (QED) is 0.832. The number of aromatic nitrogens is 2. The van der Waals surface area contributed by atoms with Crippen molar-refractivity contribution < 1.29 is 8.78 Å². The highest BCUT2D eigenvalue weighted by Gasteiger charge is 2.44. The Kier molecular flexibility index (Phi) is 3.12. The molecule has 2 aliphatic heterocycles. The Balaban J connectivity index is 1.77. The molecule has 110 valence electrons. The van der Waals surface area contributed by atoms with Gasteiger partial charge in [0, 0.05) is 25.2 Å². The van der Waals surface area contributed by atoms with Crippen LogP contribution in [0.2, 0.25) is 0 Å². The maximum atomic E-state index is 12.9. The minimum atomic E-state index is -2.62. The lowest BCUT2D eigenvalue weighted by atomic mass is 10.1. The zero-order valence-corrected chi connectivity index (χ0v) is 11.3. The summed E-state index contributed by atoms with van der Waals surface area (Å²) in [7, 11) is 1.93. The molecule has 1 atom stereocenters. The topological polar surface area (TPSA) is 70.3 Å². The highest BCUT2D eigenvalue weighted by atomic mass is 19.3. The van der Waals surface area contributed by atoms with E-state index >= 15 is 0 Å². The first kappa shape index (κ1) is 13.3. The van der Waals surface area contributed by atoms with E-state index in [4.69, 9.17) is 5.73 Å². The first-order valence-electron chi connectivity index (χ1n) is 6.66. The van der Waals surface area contributed by atoms with Crippen LogP contribution >= 0.6 is 0 Å². The number of nitrogens with one attached hydrogen (secondary N) is 1. The predicted molar refractivity (Wildman–Crippen MR) is 73.3 cm³/mol. The normalized spacial score (nSPS) is 24.9. The molecular weight excluding hydrogens is 266 g/mol. The molecule has 1 aromatic heterocycles. The highest BCUT2D eigenvalue weighted by molar-refractivity contribution is 5.56. The smallest absolute Gasteiger partial charge is 0.282 e. The van der Waals surface area contributed by atoms with E-state index in [9.17, 15) is 8.78 Å². The molecule has 0 aromatic carbocycles. The number of anilines is 3. The Labute approximate surface area is 116 Å². The molecule has 2 fully saturated rings. The number of hydrogen-bond acceptors (Lipinski definition) is 6. The van der Waals surface area contributed by atoms with Gasteiger partial charge in [-0.25, -0.2) is 8.78 Å². The van der Waals surface area contributed by atoms with E-state index in [0.717, 1.165) is 19.5 Å². The van der Waals surface area contributed by atoms with E-state index in [1.165, 1.54) is 4.90 Å². The third kappa shape index (κ3) is 2.47. The summed E-state index contributed by atoms with van der Waals surface area (Å²) >= 11 is 0. The van der Waals surface area contributed by atoms with Crippen molar-refractivity contribution in [2.75, 3.05) is 48.8 Å². The van der Waals surface area contributed by atoms with E-state index < -0.39 is 5.92 Å². The van der Waals surface area contributed by atoms with Gasteiger partial charge in [0.15, 0.2) is 0 Å². The van der Waals surface area contributed by atoms with Crippen LogP contribution in [0.5, 0.6) is 0 Å². The first-order valence-corrected chi connectivity index (χ1v) is 6.66. The number of rotatable bonds is 3. The maximum Gasteiger partial charge on any atom is 0.282 e. The van der Waals surface area contributed by atoms with Crippen LogP contribution in [0, 0.1) is 0 Å². The summed E-state index contributed by atoms with van der Waals surface area (Å²) in [4.78, 5) is 11.9. The summed E-state index contributed by atoms with van der Waals surface area (Å²) in [5.74, 6) is -1.31. The molecule has 0 aliphatic carbocycles. The Bertz CT molecular complexity index is 501. The zero-order valence-electron chi connectivity index (χ0n) is 11.3.